The van der Waals surface area contributed by atoms with Crippen LogP contribution < -0.4 is 8.37 Å². The molecule has 0 fully saturated rings. The summed E-state index contributed by atoms with van der Waals surface area (Å²) in [6.07, 6.45) is 1.79. The van der Waals surface area contributed by atoms with Gasteiger partial charge in [-0.15, -0.1) is 0 Å². The zero-order chi connectivity index (χ0) is 13.3. The summed E-state index contributed by atoms with van der Waals surface area (Å²) in [6.45, 7) is 1.66. The molecule has 6 nitrogen and oxygen atoms in total. The monoisotopic (exact) mass is 280 g/mol. The third-order valence-corrected chi connectivity index (χ3v) is 2.51. The third-order valence-electron chi connectivity index (χ3n) is 1.52. The summed E-state index contributed by atoms with van der Waals surface area (Å²) in [5, 5.41) is 0. The number of hydrogen-bond donors (Lipinski definition) is 0. The summed E-state index contributed by atoms with van der Waals surface area (Å²) in [5.74, 6) is 0.0114. The molecule has 0 atom stereocenters. The fraction of sp³-hybridized carbons (Fsp3) is 0.333. The van der Waals surface area contributed by atoms with Gasteiger partial charge in [-0.3, -0.25) is 0 Å². The van der Waals surface area contributed by atoms with Crippen LogP contribution in [0, 0.1) is 6.92 Å². The lowest BCUT2D eigenvalue weighted by Crippen LogP contribution is -2.08. The van der Waals surface area contributed by atoms with Gasteiger partial charge >= 0.3 is 20.2 Å². The van der Waals surface area contributed by atoms with Crippen LogP contribution in [0.3, 0.4) is 0 Å². The number of hydrogen-bond acceptors (Lipinski definition) is 6. The summed E-state index contributed by atoms with van der Waals surface area (Å²) >= 11 is 0. The van der Waals surface area contributed by atoms with Gasteiger partial charge in [0, 0.05) is 6.07 Å². The van der Waals surface area contributed by atoms with Crippen LogP contribution >= 0.6 is 0 Å². The standard InChI is InChI=1S/C9H12O6S2/c1-7-4-8(14-16(2,10)11)6-9(5-7)15-17(3,12)13/h4-6H,1-3H3. The number of benzene rings is 1. The molecule has 0 radical (unpaired) electrons. The molecule has 0 aliphatic carbocycles. The van der Waals surface area contributed by atoms with Crippen LogP contribution in [-0.4, -0.2) is 29.3 Å². The first kappa shape index (κ1) is 13.8. The summed E-state index contributed by atoms with van der Waals surface area (Å²) in [6, 6.07) is 4.10. The molecule has 0 N–H and O–H groups in total. The molecule has 0 aliphatic rings. The normalized spacial score (nSPS) is 12.2. The fourth-order valence-electron chi connectivity index (χ4n) is 1.16. The molecule has 0 saturated carbocycles. The van der Waals surface area contributed by atoms with E-state index in [1.807, 2.05) is 0 Å². The molecule has 0 bridgehead atoms. The Morgan fingerprint density at radius 2 is 1.18 bits per heavy atom. The van der Waals surface area contributed by atoms with E-state index in [4.69, 9.17) is 0 Å². The van der Waals surface area contributed by atoms with Gasteiger partial charge < -0.3 is 8.37 Å². The molecule has 0 saturated heterocycles. The Balaban J connectivity index is 3.11. The summed E-state index contributed by atoms with van der Waals surface area (Å²) in [5.41, 5.74) is 0.616. The van der Waals surface area contributed by atoms with Gasteiger partial charge in [0.05, 0.1) is 12.5 Å². The maximum absolute atomic E-state index is 10.9. The molecule has 0 amide bonds. The highest BCUT2D eigenvalue weighted by molar-refractivity contribution is 7.86. The fourth-order valence-corrected chi connectivity index (χ4v) is 2.05. The van der Waals surface area contributed by atoms with E-state index in [2.05, 4.69) is 8.37 Å². The van der Waals surface area contributed by atoms with Crippen molar-refractivity contribution < 1.29 is 25.2 Å². The van der Waals surface area contributed by atoms with E-state index >= 15 is 0 Å². The van der Waals surface area contributed by atoms with Crippen molar-refractivity contribution in [3.8, 4) is 11.5 Å². The van der Waals surface area contributed by atoms with Crippen molar-refractivity contribution in [2.24, 2.45) is 0 Å². The zero-order valence-electron chi connectivity index (χ0n) is 9.50. The lowest BCUT2D eigenvalue weighted by Gasteiger charge is -2.07. The minimum atomic E-state index is -3.66. The van der Waals surface area contributed by atoms with Crippen molar-refractivity contribution in [3.63, 3.8) is 0 Å². The maximum Gasteiger partial charge on any atom is 0.306 e. The van der Waals surface area contributed by atoms with Crippen molar-refractivity contribution in [2.75, 3.05) is 12.5 Å². The Morgan fingerprint density at radius 3 is 1.47 bits per heavy atom. The van der Waals surface area contributed by atoms with Gasteiger partial charge in [0.1, 0.15) is 11.5 Å². The molecule has 0 unspecified atom stereocenters. The Bertz CT molecular complexity index is 563. The average Bonchev–Trinajstić information content (AvgIpc) is 1.93. The molecular formula is C9H12O6S2. The Kier molecular flexibility index (Phi) is 3.68. The van der Waals surface area contributed by atoms with E-state index in [9.17, 15) is 16.8 Å². The summed E-state index contributed by atoms with van der Waals surface area (Å²) in [7, 11) is -7.32. The van der Waals surface area contributed by atoms with E-state index in [0.29, 0.717) is 5.56 Å². The highest BCUT2D eigenvalue weighted by Gasteiger charge is 2.10. The van der Waals surface area contributed by atoms with Crippen LogP contribution in [0.25, 0.3) is 0 Å². The predicted molar refractivity (Wildman–Crippen MR) is 62.1 cm³/mol. The molecular weight excluding hydrogens is 268 g/mol. The average molecular weight is 280 g/mol. The molecule has 1 aromatic rings. The van der Waals surface area contributed by atoms with Gasteiger partial charge in [0.15, 0.2) is 0 Å². The molecule has 17 heavy (non-hydrogen) atoms. The minimum absolute atomic E-state index is 0.00569. The van der Waals surface area contributed by atoms with Crippen molar-refractivity contribution in [1.82, 2.24) is 0 Å². The molecule has 96 valence electrons. The first-order valence-corrected chi connectivity index (χ1v) is 8.09. The second-order valence-electron chi connectivity index (χ2n) is 3.56. The second-order valence-corrected chi connectivity index (χ2v) is 6.71. The van der Waals surface area contributed by atoms with Crippen molar-refractivity contribution in [3.05, 3.63) is 23.8 Å². The predicted octanol–water partition coefficient (Wildman–Crippen LogP) is 0.672. The van der Waals surface area contributed by atoms with E-state index < -0.39 is 20.2 Å². The maximum atomic E-state index is 10.9. The molecule has 1 aromatic carbocycles. The van der Waals surface area contributed by atoms with Gasteiger partial charge in [-0.1, -0.05) is 0 Å². The van der Waals surface area contributed by atoms with Crippen LogP contribution in [0.5, 0.6) is 11.5 Å². The molecule has 1 rings (SSSR count). The Morgan fingerprint density at radius 1 is 0.824 bits per heavy atom. The summed E-state index contributed by atoms with van der Waals surface area (Å²) in [4.78, 5) is 0. The Labute approximate surface area is 100 Å². The van der Waals surface area contributed by atoms with E-state index in [0.717, 1.165) is 12.5 Å². The summed E-state index contributed by atoms with van der Waals surface area (Å²) < 4.78 is 53.0. The zero-order valence-corrected chi connectivity index (χ0v) is 11.1. The molecule has 0 aromatic heterocycles. The minimum Gasteiger partial charge on any atom is -0.382 e. The lowest BCUT2D eigenvalue weighted by molar-refractivity contribution is 0.483. The van der Waals surface area contributed by atoms with E-state index in [1.54, 1.807) is 6.92 Å². The molecule has 0 aliphatic heterocycles. The molecule has 8 heteroatoms. The third kappa shape index (κ3) is 5.55. The SMILES string of the molecule is Cc1cc(OS(C)(=O)=O)cc(OS(C)(=O)=O)c1. The largest absolute Gasteiger partial charge is 0.382 e. The van der Waals surface area contributed by atoms with Gasteiger partial charge in [0.2, 0.25) is 0 Å². The van der Waals surface area contributed by atoms with Crippen LogP contribution in [0.15, 0.2) is 18.2 Å². The van der Waals surface area contributed by atoms with Crippen molar-refractivity contribution >= 4 is 20.2 Å². The number of aryl methyl sites for hydroxylation is 1. The van der Waals surface area contributed by atoms with Crippen LogP contribution in [-0.2, 0) is 20.2 Å². The van der Waals surface area contributed by atoms with Gasteiger partial charge in [-0.25, -0.2) is 0 Å². The number of rotatable bonds is 4. The smallest absolute Gasteiger partial charge is 0.306 e. The Hall–Kier alpha value is -1.28. The second kappa shape index (κ2) is 4.53. The van der Waals surface area contributed by atoms with Gasteiger partial charge in [0.25, 0.3) is 0 Å². The van der Waals surface area contributed by atoms with Crippen LogP contribution in [0.4, 0.5) is 0 Å². The van der Waals surface area contributed by atoms with Gasteiger partial charge in [-0.2, -0.15) is 16.8 Å². The highest BCUT2D eigenvalue weighted by Crippen LogP contribution is 2.24. The quantitative estimate of drug-likeness (QED) is 0.753. The van der Waals surface area contributed by atoms with Gasteiger partial charge in [-0.05, 0) is 24.6 Å². The van der Waals surface area contributed by atoms with E-state index in [-0.39, 0.29) is 11.5 Å². The first-order chi connectivity index (χ1) is 7.55. The highest BCUT2D eigenvalue weighted by atomic mass is 32.2. The van der Waals surface area contributed by atoms with Crippen molar-refractivity contribution in [2.45, 2.75) is 6.92 Å². The van der Waals surface area contributed by atoms with Crippen molar-refractivity contribution in [1.29, 1.82) is 0 Å². The topological polar surface area (TPSA) is 86.7 Å². The molecule has 0 heterocycles. The first-order valence-electron chi connectivity index (χ1n) is 4.46. The van der Waals surface area contributed by atoms with E-state index in [1.165, 1.54) is 18.2 Å². The van der Waals surface area contributed by atoms with Crippen LogP contribution in [0.2, 0.25) is 0 Å². The van der Waals surface area contributed by atoms with Crippen LogP contribution in [0.1, 0.15) is 5.56 Å². The lowest BCUT2D eigenvalue weighted by atomic mass is 10.2. The molecule has 0 spiro atoms.